The Kier molecular flexibility index (Phi) is 4.68. The first-order chi connectivity index (χ1) is 10.8. The van der Waals surface area contributed by atoms with E-state index in [-0.39, 0.29) is 12.9 Å². The fourth-order valence-electron chi connectivity index (χ4n) is 2.19. The van der Waals surface area contributed by atoms with Crippen LogP contribution in [0.3, 0.4) is 0 Å². The van der Waals surface area contributed by atoms with Gasteiger partial charge in [0, 0.05) is 11.3 Å². The summed E-state index contributed by atoms with van der Waals surface area (Å²) < 4.78 is 16.1. The van der Waals surface area contributed by atoms with E-state index in [0.717, 1.165) is 11.1 Å². The molecule has 0 saturated carbocycles. The number of anilines is 1. The second-order valence-corrected chi connectivity index (χ2v) is 4.89. The number of carbonyl (C=O) groups is 1. The molecule has 1 saturated heterocycles. The number of carbonyl (C=O) groups excluding carboxylic acids is 1. The highest BCUT2D eigenvalue weighted by molar-refractivity contribution is 5.84. The Hall–Kier alpha value is -2.37. The SMILES string of the molecule is O=C(Nc1cccc(C2OCCO2)c1)OCc1ccccc1. The van der Waals surface area contributed by atoms with Gasteiger partial charge in [0.2, 0.25) is 0 Å². The fourth-order valence-corrected chi connectivity index (χ4v) is 2.19. The van der Waals surface area contributed by atoms with Crippen LogP contribution in [0.4, 0.5) is 10.5 Å². The molecule has 0 unspecified atom stereocenters. The first kappa shape index (κ1) is 14.6. The first-order valence-electron chi connectivity index (χ1n) is 7.12. The predicted octanol–water partition coefficient (Wildman–Crippen LogP) is 3.48. The Morgan fingerprint density at radius 3 is 2.64 bits per heavy atom. The maximum atomic E-state index is 11.8. The Morgan fingerprint density at radius 2 is 1.86 bits per heavy atom. The van der Waals surface area contributed by atoms with Crippen molar-refractivity contribution in [1.82, 2.24) is 0 Å². The molecule has 0 radical (unpaired) electrons. The summed E-state index contributed by atoms with van der Waals surface area (Å²) >= 11 is 0. The maximum Gasteiger partial charge on any atom is 0.411 e. The van der Waals surface area contributed by atoms with Gasteiger partial charge in [-0.15, -0.1) is 0 Å². The minimum Gasteiger partial charge on any atom is -0.444 e. The van der Waals surface area contributed by atoms with Gasteiger partial charge in [-0.3, -0.25) is 5.32 Å². The van der Waals surface area contributed by atoms with E-state index in [4.69, 9.17) is 14.2 Å². The molecule has 1 heterocycles. The van der Waals surface area contributed by atoms with Crippen LogP contribution in [0.25, 0.3) is 0 Å². The zero-order valence-corrected chi connectivity index (χ0v) is 12.0. The summed E-state index contributed by atoms with van der Waals surface area (Å²) in [4.78, 5) is 11.8. The number of rotatable bonds is 4. The molecule has 0 atom stereocenters. The average molecular weight is 299 g/mol. The fraction of sp³-hybridized carbons (Fsp3) is 0.235. The lowest BCUT2D eigenvalue weighted by Crippen LogP contribution is -2.13. The summed E-state index contributed by atoms with van der Waals surface area (Å²) in [5.74, 6) is 0. The van der Waals surface area contributed by atoms with Gasteiger partial charge in [-0.2, -0.15) is 0 Å². The third-order valence-electron chi connectivity index (χ3n) is 3.24. The second kappa shape index (κ2) is 7.06. The minimum absolute atomic E-state index is 0.237. The van der Waals surface area contributed by atoms with Crippen molar-refractivity contribution < 1.29 is 19.0 Å². The number of nitrogens with one attached hydrogen (secondary N) is 1. The molecule has 0 bridgehead atoms. The topological polar surface area (TPSA) is 56.8 Å². The van der Waals surface area contributed by atoms with Gasteiger partial charge in [-0.25, -0.2) is 4.79 Å². The molecule has 5 heteroatoms. The highest BCUT2D eigenvalue weighted by atomic mass is 16.7. The van der Waals surface area contributed by atoms with E-state index < -0.39 is 6.09 Å². The van der Waals surface area contributed by atoms with Gasteiger partial charge in [0.15, 0.2) is 6.29 Å². The average Bonchev–Trinajstić information content (AvgIpc) is 3.09. The smallest absolute Gasteiger partial charge is 0.411 e. The highest BCUT2D eigenvalue weighted by Crippen LogP contribution is 2.25. The summed E-state index contributed by atoms with van der Waals surface area (Å²) in [5, 5.41) is 2.70. The van der Waals surface area contributed by atoms with Crippen LogP contribution < -0.4 is 5.32 Å². The van der Waals surface area contributed by atoms with E-state index >= 15 is 0 Å². The molecule has 5 nitrogen and oxygen atoms in total. The van der Waals surface area contributed by atoms with Crippen LogP contribution in [-0.2, 0) is 20.8 Å². The van der Waals surface area contributed by atoms with E-state index in [2.05, 4.69) is 5.32 Å². The molecule has 2 aromatic carbocycles. The summed E-state index contributed by atoms with van der Waals surface area (Å²) in [6, 6.07) is 16.9. The Bertz CT molecular complexity index is 624. The first-order valence-corrected chi connectivity index (χ1v) is 7.12. The summed E-state index contributed by atoms with van der Waals surface area (Å²) in [7, 11) is 0. The van der Waals surface area contributed by atoms with Gasteiger partial charge >= 0.3 is 6.09 Å². The van der Waals surface area contributed by atoms with Gasteiger partial charge in [-0.05, 0) is 17.7 Å². The van der Waals surface area contributed by atoms with Crippen LogP contribution in [0.5, 0.6) is 0 Å². The molecule has 1 aliphatic rings. The molecule has 0 spiro atoms. The number of hydrogen-bond donors (Lipinski definition) is 1. The van der Waals surface area contributed by atoms with E-state index in [1.165, 1.54) is 0 Å². The van der Waals surface area contributed by atoms with Crippen LogP contribution in [-0.4, -0.2) is 19.3 Å². The van der Waals surface area contributed by atoms with Crippen molar-refractivity contribution in [2.75, 3.05) is 18.5 Å². The second-order valence-electron chi connectivity index (χ2n) is 4.89. The van der Waals surface area contributed by atoms with Crippen molar-refractivity contribution in [3.8, 4) is 0 Å². The lowest BCUT2D eigenvalue weighted by molar-refractivity contribution is -0.0440. The van der Waals surface area contributed by atoms with Crippen LogP contribution in [0, 0.1) is 0 Å². The van der Waals surface area contributed by atoms with Crippen LogP contribution in [0.15, 0.2) is 54.6 Å². The number of ether oxygens (including phenoxy) is 3. The molecule has 2 aromatic rings. The standard InChI is InChI=1S/C17H17NO4/c19-17(22-12-13-5-2-1-3-6-13)18-15-8-4-7-14(11-15)16-20-9-10-21-16/h1-8,11,16H,9-10,12H2,(H,18,19). The van der Waals surface area contributed by atoms with Crippen molar-refractivity contribution in [2.45, 2.75) is 12.9 Å². The van der Waals surface area contributed by atoms with Crippen molar-refractivity contribution >= 4 is 11.8 Å². The summed E-state index contributed by atoms with van der Waals surface area (Å²) in [6.45, 7) is 1.41. The van der Waals surface area contributed by atoms with Gasteiger partial charge in [0.1, 0.15) is 6.61 Å². The third kappa shape index (κ3) is 3.84. The normalized spacial score (nSPS) is 14.7. The van der Waals surface area contributed by atoms with Crippen molar-refractivity contribution in [3.05, 3.63) is 65.7 Å². The van der Waals surface area contributed by atoms with Gasteiger partial charge in [0.25, 0.3) is 0 Å². The summed E-state index contributed by atoms with van der Waals surface area (Å²) in [5.41, 5.74) is 2.46. The molecule has 1 fully saturated rings. The lowest BCUT2D eigenvalue weighted by Gasteiger charge is -2.12. The highest BCUT2D eigenvalue weighted by Gasteiger charge is 2.18. The van der Waals surface area contributed by atoms with Crippen molar-refractivity contribution in [1.29, 1.82) is 0 Å². The number of hydrogen-bond acceptors (Lipinski definition) is 4. The molecule has 3 rings (SSSR count). The molecular weight excluding hydrogens is 282 g/mol. The molecule has 1 amide bonds. The molecule has 1 N–H and O–H groups in total. The number of benzene rings is 2. The van der Waals surface area contributed by atoms with E-state index in [0.29, 0.717) is 18.9 Å². The third-order valence-corrected chi connectivity index (χ3v) is 3.24. The molecule has 0 aromatic heterocycles. The maximum absolute atomic E-state index is 11.8. The van der Waals surface area contributed by atoms with E-state index in [1.54, 1.807) is 6.07 Å². The molecule has 1 aliphatic heterocycles. The lowest BCUT2D eigenvalue weighted by atomic mass is 10.2. The van der Waals surface area contributed by atoms with E-state index in [9.17, 15) is 4.79 Å². The molecule has 22 heavy (non-hydrogen) atoms. The molecule has 114 valence electrons. The van der Waals surface area contributed by atoms with Crippen LogP contribution in [0.1, 0.15) is 17.4 Å². The van der Waals surface area contributed by atoms with Crippen LogP contribution >= 0.6 is 0 Å². The monoisotopic (exact) mass is 299 g/mol. The summed E-state index contributed by atoms with van der Waals surface area (Å²) in [6.07, 6.45) is -0.851. The number of amides is 1. The Labute approximate surface area is 128 Å². The zero-order chi connectivity index (χ0) is 15.2. The Morgan fingerprint density at radius 1 is 1.09 bits per heavy atom. The molecule has 0 aliphatic carbocycles. The predicted molar refractivity (Wildman–Crippen MR) is 81.3 cm³/mol. The van der Waals surface area contributed by atoms with Gasteiger partial charge < -0.3 is 14.2 Å². The van der Waals surface area contributed by atoms with E-state index in [1.807, 2.05) is 48.5 Å². The van der Waals surface area contributed by atoms with Crippen molar-refractivity contribution in [3.63, 3.8) is 0 Å². The van der Waals surface area contributed by atoms with Crippen LogP contribution in [0.2, 0.25) is 0 Å². The Balaban J connectivity index is 1.56. The minimum atomic E-state index is -0.491. The quantitative estimate of drug-likeness (QED) is 0.939. The van der Waals surface area contributed by atoms with Gasteiger partial charge in [0.05, 0.1) is 13.2 Å². The zero-order valence-electron chi connectivity index (χ0n) is 12.0. The van der Waals surface area contributed by atoms with Crippen molar-refractivity contribution in [2.24, 2.45) is 0 Å². The largest absolute Gasteiger partial charge is 0.444 e. The van der Waals surface area contributed by atoms with Gasteiger partial charge in [-0.1, -0.05) is 42.5 Å². The molecular formula is C17H17NO4.